The number of nitrogen functional groups attached to an aromatic ring is 1. The van der Waals surface area contributed by atoms with Crippen LogP contribution in [0.3, 0.4) is 0 Å². The molecule has 1 aliphatic rings. The number of carbonyl (C=O) groups is 1. The van der Waals surface area contributed by atoms with Crippen LogP contribution < -0.4 is 10.6 Å². The molecule has 0 unspecified atom stereocenters. The highest BCUT2D eigenvalue weighted by Gasteiger charge is 2.24. The summed E-state index contributed by atoms with van der Waals surface area (Å²) in [6.07, 6.45) is 0.472. The Kier molecular flexibility index (Phi) is 2.38. The molecular weight excluding hydrogens is 246 g/mol. The summed E-state index contributed by atoms with van der Waals surface area (Å²) >= 11 is 1.48. The SMILES string of the molecule is Cc1nc(-c2ccc3c(c2)CC(=O)N3C)sc1N. The maximum Gasteiger partial charge on any atom is 0.231 e. The van der Waals surface area contributed by atoms with E-state index in [0.29, 0.717) is 6.42 Å². The molecule has 18 heavy (non-hydrogen) atoms. The average molecular weight is 259 g/mol. The number of likely N-dealkylation sites (N-methyl/N-ethyl adjacent to an activating group) is 1. The van der Waals surface area contributed by atoms with Crippen LogP contribution in [0, 0.1) is 6.92 Å². The zero-order chi connectivity index (χ0) is 12.9. The predicted octanol–water partition coefficient (Wildman–Crippen LogP) is 2.22. The molecule has 0 saturated carbocycles. The van der Waals surface area contributed by atoms with Crippen molar-refractivity contribution >= 4 is 27.9 Å². The van der Waals surface area contributed by atoms with Crippen molar-refractivity contribution in [2.75, 3.05) is 17.7 Å². The topological polar surface area (TPSA) is 59.2 Å². The second-order valence-corrected chi connectivity index (χ2v) is 5.47. The number of thiazole rings is 1. The minimum atomic E-state index is 0.136. The standard InChI is InChI=1S/C13H13N3OS/c1-7-12(14)18-13(15-7)8-3-4-10-9(5-8)6-11(17)16(10)2/h3-5H,6,14H2,1-2H3. The number of hydrogen-bond acceptors (Lipinski definition) is 4. The third kappa shape index (κ3) is 1.59. The molecule has 2 aromatic rings. The molecular formula is C13H13N3OS. The van der Waals surface area contributed by atoms with E-state index in [1.54, 1.807) is 11.9 Å². The normalized spacial score (nSPS) is 14.1. The highest BCUT2D eigenvalue weighted by Crippen LogP contribution is 2.35. The second-order valence-electron chi connectivity index (χ2n) is 4.44. The van der Waals surface area contributed by atoms with E-state index in [2.05, 4.69) is 4.98 Å². The summed E-state index contributed by atoms with van der Waals surface area (Å²) < 4.78 is 0. The molecule has 0 bridgehead atoms. The lowest BCUT2D eigenvalue weighted by Crippen LogP contribution is -2.20. The number of rotatable bonds is 1. The smallest absolute Gasteiger partial charge is 0.231 e. The van der Waals surface area contributed by atoms with E-state index in [1.165, 1.54) is 11.3 Å². The zero-order valence-electron chi connectivity index (χ0n) is 10.2. The number of nitrogens with two attached hydrogens (primary N) is 1. The molecule has 1 aromatic heterocycles. The Hall–Kier alpha value is -1.88. The Bertz CT molecular complexity index is 628. The van der Waals surface area contributed by atoms with Crippen LogP contribution in [0.25, 0.3) is 10.6 Å². The molecule has 5 heteroatoms. The van der Waals surface area contributed by atoms with E-state index < -0.39 is 0 Å². The first-order valence-electron chi connectivity index (χ1n) is 5.69. The first-order chi connectivity index (χ1) is 8.56. The summed E-state index contributed by atoms with van der Waals surface area (Å²) in [5, 5.41) is 1.66. The molecule has 2 N–H and O–H groups in total. The lowest BCUT2D eigenvalue weighted by molar-refractivity contribution is -0.117. The molecule has 92 valence electrons. The van der Waals surface area contributed by atoms with Gasteiger partial charge in [-0.25, -0.2) is 4.98 Å². The molecule has 0 radical (unpaired) electrons. The lowest BCUT2D eigenvalue weighted by Gasteiger charge is -2.09. The van der Waals surface area contributed by atoms with E-state index in [4.69, 9.17) is 5.73 Å². The highest BCUT2D eigenvalue weighted by molar-refractivity contribution is 7.18. The largest absolute Gasteiger partial charge is 0.389 e. The molecule has 0 aliphatic carbocycles. The van der Waals surface area contributed by atoms with E-state index in [1.807, 2.05) is 25.1 Å². The molecule has 0 spiro atoms. The fraction of sp³-hybridized carbons (Fsp3) is 0.231. The van der Waals surface area contributed by atoms with Crippen molar-refractivity contribution in [2.24, 2.45) is 0 Å². The van der Waals surface area contributed by atoms with Gasteiger partial charge in [0.2, 0.25) is 5.91 Å². The summed E-state index contributed by atoms with van der Waals surface area (Å²) in [7, 11) is 1.80. The first kappa shape index (κ1) is 11.2. The molecule has 0 saturated heterocycles. The van der Waals surface area contributed by atoms with Gasteiger partial charge in [0.25, 0.3) is 0 Å². The number of amides is 1. The minimum Gasteiger partial charge on any atom is -0.389 e. The molecule has 0 atom stereocenters. The maximum atomic E-state index is 11.6. The van der Waals surface area contributed by atoms with Crippen LogP contribution in [0.4, 0.5) is 10.7 Å². The zero-order valence-corrected chi connectivity index (χ0v) is 11.0. The van der Waals surface area contributed by atoms with Crippen molar-refractivity contribution in [2.45, 2.75) is 13.3 Å². The van der Waals surface area contributed by atoms with Gasteiger partial charge in [-0.3, -0.25) is 4.79 Å². The molecule has 4 nitrogen and oxygen atoms in total. The number of nitrogens with zero attached hydrogens (tertiary/aromatic N) is 2. The van der Waals surface area contributed by atoms with Crippen LogP contribution in [0.1, 0.15) is 11.3 Å². The molecule has 0 fully saturated rings. The van der Waals surface area contributed by atoms with Crippen LogP contribution in [0.2, 0.25) is 0 Å². The Morgan fingerprint density at radius 2 is 2.22 bits per heavy atom. The fourth-order valence-electron chi connectivity index (χ4n) is 2.13. The summed E-state index contributed by atoms with van der Waals surface area (Å²) in [6, 6.07) is 6.00. The summed E-state index contributed by atoms with van der Waals surface area (Å²) in [4.78, 5) is 17.8. The molecule has 2 heterocycles. The van der Waals surface area contributed by atoms with Gasteiger partial charge in [-0.2, -0.15) is 0 Å². The van der Waals surface area contributed by atoms with Gasteiger partial charge in [-0.05, 0) is 30.7 Å². The van der Waals surface area contributed by atoms with Gasteiger partial charge < -0.3 is 10.6 Å². The molecule has 1 aromatic carbocycles. The number of carbonyl (C=O) groups excluding carboxylic acids is 1. The minimum absolute atomic E-state index is 0.136. The number of aromatic nitrogens is 1. The molecule has 1 amide bonds. The van der Waals surface area contributed by atoms with Crippen molar-refractivity contribution in [3.8, 4) is 10.6 Å². The van der Waals surface area contributed by atoms with Crippen LogP contribution in [-0.4, -0.2) is 17.9 Å². The second kappa shape index (κ2) is 3.81. The van der Waals surface area contributed by atoms with Gasteiger partial charge in [-0.15, -0.1) is 0 Å². The number of fused-ring (bicyclic) bond motifs is 1. The van der Waals surface area contributed by atoms with Crippen molar-refractivity contribution < 1.29 is 4.79 Å². The number of aryl methyl sites for hydroxylation is 1. The summed E-state index contributed by atoms with van der Waals surface area (Å²) in [6.45, 7) is 1.90. The Labute approximate surface area is 109 Å². The third-order valence-electron chi connectivity index (χ3n) is 3.24. The van der Waals surface area contributed by atoms with Gasteiger partial charge in [-0.1, -0.05) is 11.3 Å². The third-order valence-corrected chi connectivity index (χ3v) is 4.27. The average Bonchev–Trinajstić information content (AvgIpc) is 2.81. The Morgan fingerprint density at radius 1 is 1.44 bits per heavy atom. The van der Waals surface area contributed by atoms with E-state index in [-0.39, 0.29) is 5.91 Å². The quantitative estimate of drug-likeness (QED) is 0.854. The van der Waals surface area contributed by atoms with Crippen LogP contribution >= 0.6 is 11.3 Å². The van der Waals surface area contributed by atoms with E-state index in [9.17, 15) is 4.79 Å². The van der Waals surface area contributed by atoms with Gasteiger partial charge in [0.1, 0.15) is 10.0 Å². The Balaban J connectivity index is 2.06. The van der Waals surface area contributed by atoms with Crippen molar-refractivity contribution in [3.63, 3.8) is 0 Å². The maximum absolute atomic E-state index is 11.6. The molecule has 1 aliphatic heterocycles. The number of hydrogen-bond donors (Lipinski definition) is 1. The van der Waals surface area contributed by atoms with E-state index in [0.717, 1.165) is 32.5 Å². The van der Waals surface area contributed by atoms with Crippen molar-refractivity contribution in [1.82, 2.24) is 4.98 Å². The monoisotopic (exact) mass is 259 g/mol. The van der Waals surface area contributed by atoms with Gasteiger partial charge in [0, 0.05) is 18.3 Å². The van der Waals surface area contributed by atoms with Gasteiger partial charge >= 0.3 is 0 Å². The van der Waals surface area contributed by atoms with Crippen LogP contribution in [0.5, 0.6) is 0 Å². The van der Waals surface area contributed by atoms with Crippen LogP contribution in [0.15, 0.2) is 18.2 Å². The van der Waals surface area contributed by atoms with Crippen molar-refractivity contribution in [1.29, 1.82) is 0 Å². The fourth-order valence-corrected chi connectivity index (χ4v) is 2.96. The summed E-state index contributed by atoms with van der Waals surface area (Å²) in [5.74, 6) is 0.136. The first-order valence-corrected chi connectivity index (χ1v) is 6.50. The van der Waals surface area contributed by atoms with Gasteiger partial charge in [0.05, 0.1) is 12.1 Å². The van der Waals surface area contributed by atoms with Gasteiger partial charge in [0.15, 0.2) is 0 Å². The number of anilines is 2. The lowest BCUT2D eigenvalue weighted by atomic mass is 10.1. The number of benzene rings is 1. The van der Waals surface area contributed by atoms with Crippen LogP contribution in [-0.2, 0) is 11.2 Å². The van der Waals surface area contributed by atoms with E-state index >= 15 is 0 Å². The molecule has 3 rings (SSSR count). The van der Waals surface area contributed by atoms with Crippen molar-refractivity contribution in [3.05, 3.63) is 29.5 Å². The Morgan fingerprint density at radius 3 is 2.89 bits per heavy atom. The summed E-state index contributed by atoms with van der Waals surface area (Å²) in [5.41, 5.74) is 9.77. The highest BCUT2D eigenvalue weighted by atomic mass is 32.1. The predicted molar refractivity (Wildman–Crippen MR) is 73.8 cm³/mol.